The summed E-state index contributed by atoms with van der Waals surface area (Å²) in [5.41, 5.74) is 5.12. The van der Waals surface area contributed by atoms with E-state index in [0.717, 1.165) is 0 Å². The number of likely N-dealkylation sites (N-methyl/N-ethyl adjacent to an activating group) is 1. The van der Waals surface area contributed by atoms with Gasteiger partial charge in [0.2, 0.25) is 0 Å². The maximum atomic E-state index is 12.9. The predicted molar refractivity (Wildman–Crippen MR) is 124 cm³/mol. The topological polar surface area (TPSA) is 164 Å². The van der Waals surface area contributed by atoms with Crippen LogP contribution in [0, 0.1) is 5.41 Å². The molecule has 178 valence electrons. The van der Waals surface area contributed by atoms with Gasteiger partial charge in [0.1, 0.15) is 18.1 Å². The molecule has 3 rings (SSSR count). The van der Waals surface area contributed by atoms with Crippen LogP contribution in [0.25, 0.3) is 0 Å². The van der Waals surface area contributed by atoms with Gasteiger partial charge in [0.25, 0.3) is 23.3 Å². The van der Waals surface area contributed by atoms with Crippen LogP contribution in [0.4, 0.5) is 11.4 Å². The van der Waals surface area contributed by atoms with Crippen molar-refractivity contribution in [2.24, 2.45) is 5.73 Å². The summed E-state index contributed by atoms with van der Waals surface area (Å²) >= 11 is 0. The van der Waals surface area contributed by atoms with Crippen molar-refractivity contribution in [2.45, 2.75) is 19.4 Å². The normalized spacial score (nSPS) is 16.7. The number of ether oxygens (including phenoxy) is 2. The number of amidine groups is 1. The van der Waals surface area contributed by atoms with E-state index in [-0.39, 0.29) is 18.2 Å². The van der Waals surface area contributed by atoms with E-state index < -0.39 is 35.8 Å². The van der Waals surface area contributed by atoms with Crippen LogP contribution >= 0.6 is 0 Å². The monoisotopic (exact) mass is 467 g/mol. The number of nitrogens with zero attached hydrogens (tertiary/aromatic N) is 1. The SMILES string of the molecule is CCOC(=O)CNC(=O)C1(C)Oc2cc(NC(=O)c3ccc(C(=N)N)cc3)ccc2N(C)C1=O. The van der Waals surface area contributed by atoms with Crippen LogP contribution in [0.5, 0.6) is 5.75 Å². The van der Waals surface area contributed by atoms with Gasteiger partial charge in [-0.05, 0) is 38.1 Å². The molecule has 3 amide bonds. The zero-order valence-corrected chi connectivity index (χ0v) is 18.9. The number of esters is 1. The van der Waals surface area contributed by atoms with Crippen molar-refractivity contribution in [3.63, 3.8) is 0 Å². The molecule has 0 saturated carbocycles. The average Bonchev–Trinajstić information content (AvgIpc) is 2.81. The van der Waals surface area contributed by atoms with Crippen molar-refractivity contribution in [3.05, 3.63) is 53.6 Å². The Hall–Kier alpha value is -4.41. The first kappa shape index (κ1) is 24.2. The number of nitrogens with one attached hydrogen (secondary N) is 3. The largest absolute Gasteiger partial charge is 0.465 e. The minimum absolute atomic E-state index is 0.105. The third-order valence-electron chi connectivity index (χ3n) is 5.20. The zero-order chi connectivity index (χ0) is 25.0. The first-order valence-corrected chi connectivity index (χ1v) is 10.4. The van der Waals surface area contributed by atoms with Crippen molar-refractivity contribution in [2.75, 3.05) is 30.4 Å². The van der Waals surface area contributed by atoms with E-state index in [2.05, 4.69) is 10.6 Å². The van der Waals surface area contributed by atoms with Crippen LogP contribution in [0.3, 0.4) is 0 Å². The molecule has 1 aliphatic heterocycles. The average molecular weight is 467 g/mol. The van der Waals surface area contributed by atoms with Crippen LogP contribution < -0.4 is 26.0 Å². The highest BCUT2D eigenvalue weighted by atomic mass is 16.5. The summed E-state index contributed by atoms with van der Waals surface area (Å²) in [5.74, 6) is -2.39. The lowest BCUT2D eigenvalue weighted by Gasteiger charge is -2.38. The Morgan fingerprint density at radius 1 is 1.15 bits per heavy atom. The molecule has 1 aliphatic rings. The van der Waals surface area contributed by atoms with Gasteiger partial charge in [-0.3, -0.25) is 24.6 Å². The number of anilines is 2. The van der Waals surface area contributed by atoms with Gasteiger partial charge in [0.15, 0.2) is 0 Å². The number of nitrogens with two attached hydrogens (primary N) is 1. The maximum absolute atomic E-state index is 12.9. The number of hydrogen-bond acceptors (Lipinski definition) is 7. The summed E-state index contributed by atoms with van der Waals surface area (Å²) in [6, 6.07) is 10.9. The molecule has 0 aromatic heterocycles. The Morgan fingerprint density at radius 3 is 2.41 bits per heavy atom. The van der Waals surface area contributed by atoms with Gasteiger partial charge in [-0.2, -0.15) is 0 Å². The van der Waals surface area contributed by atoms with Crippen molar-refractivity contribution in [1.82, 2.24) is 5.32 Å². The third kappa shape index (κ3) is 4.82. The smallest absolute Gasteiger partial charge is 0.325 e. The zero-order valence-electron chi connectivity index (χ0n) is 18.9. The van der Waals surface area contributed by atoms with Crippen molar-refractivity contribution in [3.8, 4) is 5.75 Å². The van der Waals surface area contributed by atoms with E-state index in [4.69, 9.17) is 20.6 Å². The molecule has 5 N–H and O–H groups in total. The molecule has 11 heteroatoms. The number of fused-ring (bicyclic) bond motifs is 1. The van der Waals surface area contributed by atoms with Gasteiger partial charge in [-0.25, -0.2) is 0 Å². The lowest BCUT2D eigenvalue weighted by atomic mass is 10.00. The van der Waals surface area contributed by atoms with Crippen LogP contribution in [0.15, 0.2) is 42.5 Å². The molecule has 1 heterocycles. The first-order valence-electron chi connectivity index (χ1n) is 10.4. The van der Waals surface area contributed by atoms with Gasteiger partial charge in [0, 0.05) is 29.9 Å². The summed E-state index contributed by atoms with van der Waals surface area (Å²) in [7, 11) is 1.50. The van der Waals surface area contributed by atoms with E-state index in [1.165, 1.54) is 24.9 Å². The first-order chi connectivity index (χ1) is 16.1. The molecular weight excluding hydrogens is 442 g/mol. The summed E-state index contributed by atoms with van der Waals surface area (Å²) < 4.78 is 10.6. The molecule has 2 aromatic carbocycles. The van der Waals surface area contributed by atoms with Gasteiger partial charge in [0.05, 0.1) is 12.3 Å². The fraction of sp³-hybridized carbons (Fsp3) is 0.261. The molecule has 34 heavy (non-hydrogen) atoms. The van der Waals surface area contributed by atoms with E-state index in [0.29, 0.717) is 22.5 Å². The number of carbonyl (C=O) groups is 4. The second kappa shape index (κ2) is 9.61. The van der Waals surface area contributed by atoms with Crippen LogP contribution in [0.1, 0.15) is 29.8 Å². The fourth-order valence-electron chi connectivity index (χ4n) is 3.32. The second-order valence-corrected chi connectivity index (χ2v) is 7.61. The summed E-state index contributed by atoms with van der Waals surface area (Å²) in [5, 5.41) is 12.5. The minimum Gasteiger partial charge on any atom is -0.465 e. The molecule has 0 saturated heterocycles. The number of benzene rings is 2. The summed E-state index contributed by atoms with van der Waals surface area (Å²) in [4.78, 5) is 51.1. The third-order valence-corrected chi connectivity index (χ3v) is 5.20. The number of rotatable bonds is 7. The highest BCUT2D eigenvalue weighted by Gasteiger charge is 2.49. The van der Waals surface area contributed by atoms with Crippen molar-refractivity contribution >= 4 is 40.9 Å². The fourth-order valence-corrected chi connectivity index (χ4v) is 3.32. The molecule has 0 bridgehead atoms. The van der Waals surface area contributed by atoms with E-state index in [1.807, 2.05) is 0 Å². The molecule has 0 fully saturated rings. The maximum Gasteiger partial charge on any atom is 0.325 e. The van der Waals surface area contributed by atoms with Crippen LogP contribution in [-0.2, 0) is 19.1 Å². The molecule has 1 atom stereocenters. The van der Waals surface area contributed by atoms with Gasteiger partial charge >= 0.3 is 5.97 Å². The minimum atomic E-state index is -1.93. The highest BCUT2D eigenvalue weighted by Crippen LogP contribution is 2.39. The van der Waals surface area contributed by atoms with Crippen LogP contribution in [-0.4, -0.2) is 55.3 Å². The Balaban J connectivity index is 1.79. The molecule has 11 nitrogen and oxygen atoms in total. The molecule has 2 aromatic rings. The van der Waals surface area contributed by atoms with Gasteiger partial charge < -0.3 is 30.7 Å². The van der Waals surface area contributed by atoms with E-state index in [1.54, 1.807) is 43.3 Å². The standard InChI is InChI=1S/C23H25N5O6/c1-4-33-18(29)12-26-21(31)23(2)22(32)28(3)16-10-9-15(11-17(16)34-23)27-20(30)14-7-5-13(6-8-14)19(24)25/h5-11H,4,12H2,1-3H3,(H3,24,25)(H,26,31)(H,27,30). The number of carbonyl (C=O) groups excluding carboxylic acids is 4. The van der Waals surface area contributed by atoms with Gasteiger partial charge in [-0.1, -0.05) is 12.1 Å². The lowest BCUT2D eigenvalue weighted by Crippen LogP contribution is -2.61. The second-order valence-electron chi connectivity index (χ2n) is 7.61. The molecule has 1 unspecified atom stereocenters. The Morgan fingerprint density at radius 2 is 1.79 bits per heavy atom. The number of amides is 3. The summed E-state index contributed by atoms with van der Waals surface area (Å²) in [6.07, 6.45) is 0. The molecular formula is C23H25N5O6. The Bertz CT molecular complexity index is 1160. The molecule has 0 aliphatic carbocycles. The molecule has 0 spiro atoms. The quantitative estimate of drug-likeness (QED) is 0.204. The number of nitrogen functional groups attached to an aromatic ring is 1. The number of hydrogen-bond donors (Lipinski definition) is 4. The van der Waals surface area contributed by atoms with Crippen LogP contribution in [0.2, 0.25) is 0 Å². The Kier molecular flexibility index (Phi) is 6.85. The molecule has 0 radical (unpaired) electrons. The highest BCUT2D eigenvalue weighted by molar-refractivity contribution is 6.16. The predicted octanol–water partition coefficient (Wildman–Crippen LogP) is 1.02. The van der Waals surface area contributed by atoms with Crippen molar-refractivity contribution < 1.29 is 28.7 Å². The van der Waals surface area contributed by atoms with Crippen molar-refractivity contribution in [1.29, 1.82) is 5.41 Å². The van der Waals surface area contributed by atoms with E-state index in [9.17, 15) is 19.2 Å². The van der Waals surface area contributed by atoms with E-state index >= 15 is 0 Å². The lowest BCUT2D eigenvalue weighted by molar-refractivity contribution is -0.151. The summed E-state index contributed by atoms with van der Waals surface area (Å²) in [6.45, 7) is 2.69. The van der Waals surface area contributed by atoms with Gasteiger partial charge in [-0.15, -0.1) is 0 Å². The Labute approximate surface area is 195 Å².